The SMILES string of the molecule is C.C.C.C.C.CCCCC(F)(F)C(=O)CC[C@H]1C=CC(=O)[C@@H]1CCCCCCCCC(=O)OCc1ccccc1.CCCCC(F)(F)C(=O)CC[C@H]1C=CC(=O)[C@@H]1CCCCCCCCC(=O)OCc1ccccc1.CCCCC(F)(F)C(=O)CC[C@H]1CCC(=O)[C@@H]1CCCCCCCCC(=O)O.CCCCC(F)(F)C(=O)CC[C@H]1[C@H](O)CC(=O)[C@@H]1CCCCCCCCC(=O)OCc1ccccc1. The van der Waals surface area contributed by atoms with E-state index in [0.29, 0.717) is 135 Å². The van der Waals surface area contributed by atoms with Crippen LogP contribution < -0.4 is 0 Å². The van der Waals surface area contributed by atoms with Crippen molar-refractivity contribution in [3.63, 3.8) is 0 Å². The Morgan fingerprint density at radius 1 is 0.324 bits per heavy atom. The van der Waals surface area contributed by atoms with E-state index in [1.807, 2.05) is 112 Å². The predicted molar refractivity (Wildman–Crippen MR) is 539 cm³/mol. The number of aliphatic hydroxyl groups excluding tert-OH is 1. The Balaban J connectivity index is 0. The van der Waals surface area contributed by atoms with Gasteiger partial charge in [0, 0.05) is 114 Å². The minimum atomic E-state index is -3.32. The van der Waals surface area contributed by atoms with Crippen molar-refractivity contribution in [2.45, 2.75) is 468 Å². The molecule has 0 radical (unpaired) electrons. The molecule has 3 aromatic rings. The standard InChI is InChI=1S/C29H42F2O5.2C29H40F2O4.C22H36F2O4.5CH4/c1-2-3-19-29(30,31)27(34)18-17-24-23(25(32)20-26(24)33)15-11-6-4-5-7-12-16-28(35)36-21-22-13-9-8-10-14-22;2*1-2-3-21-29(30,31)27(33)20-18-24-17-19-26(32)25(24)15-11-6-4-5-7-12-16-28(34)35-22-23-13-9-8-10-14-23;1-2-3-16-22(23,24)20(26)15-13-17-12-14-19(25)18(17)10-8-6-4-5-7-9-11-21(27)28;;;;;/h8-10,13-14,23-24,26,33H,2-7,11-12,15-21H2,1H3;2*8-10,13-14,17,19,24-25H,2-7,11-12,15-16,18,20-22H2,1H3;17-18H,2-16H2,1H3,(H,27,28);5*1H4/t23-,24-,26-;2*24-,25-;17-,18-;;;;;/m1111...../s1. The molecule has 17 nitrogen and oxygen atoms in total. The van der Waals surface area contributed by atoms with Crippen LogP contribution in [0.25, 0.3) is 0 Å². The number of Topliss-reactive ketones (excluding diaryl/α,β-unsaturated/α-hetero) is 6. The molecule has 792 valence electrons. The first kappa shape index (κ1) is 133. The molecule has 0 aromatic heterocycles. The van der Waals surface area contributed by atoms with Crippen molar-refractivity contribution >= 4 is 70.1 Å². The van der Waals surface area contributed by atoms with Crippen LogP contribution >= 0.6 is 0 Å². The summed E-state index contributed by atoms with van der Waals surface area (Å²) in [4.78, 5) is 143. The number of rotatable bonds is 70. The van der Waals surface area contributed by atoms with Crippen LogP contribution in [0.5, 0.6) is 0 Å². The first-order valence-corrected chi connectivity index (χ1v) is 50.8. The van der Waals surface area contributed by atoms with Gasteiger partial charge in [-0.05, 0) is 162 Å². The van der Waals surface area contributed by atoms with Gasteiger partial charge < -0.3 is 24.4 Å². The maximum absolute atomic E-state index is 14.0. The molecule has 0 amide bonds. The van der Waals surface area contributed by atoms with Crippen molar-refractivity contribution in [2.75, 3.05) is 0 Å². The van der Waals surface area contributed by atoms with Gasteiger partial charge in [-0.25, -0.2) is 0 Å². The largest absolute Gasteiger partial charge is 0.481 e. The molecule has 2 saturated carbocycles. The van der Waals surface area contributed by atoms with Crippen LogP contribution in [0.15, 0.2) is 115 Å². The molecule has 7 rings (SSSR count). The topological polar surface area (TPSA) is 273 Å². The first-order chi connectivity index (χ1) is 64.2. The van der Waals surface area contributed by atoms with E-state index in [9.17, 15) is 97.8 Å². The normalized spacial score (nSPS) is 18.1. The molecular weight excluding hydrogens is 1790 g/mol. The van der Waals surface area contributed by atoms with Crippen LogP contribution in [0.1, 0.15) is 435 Å². The molecule has 0 bridgehead atoms. The average molecular weight is 1970 g/mol. The summed E-state index contributed by atoms with van der Waals surface area (Å²) in [7, 11) is 0. The maximum Gasteiger partial charge on any atom is 0.306 e. The van der Waals surface area contributed by atoms with Crippen molar-refractivity contribution in [2.24, 2.45) is 47.3 Å². The van der Waals surface area contributed by atoms with Gasteiger partial charge in [0.1, 0.15) is 31.4 Å². The van der Waals surface area contributed by atoms with E-state index in [2.05, 4.69) is 0 Å². The van der Waals surface area contributed by atoms with Gasteiger partial charge in [-0.15, -0.1) is 0 Å². The third kappa shape index (κ3) is 56.4. The number of aliphatic hydroxyl groups is 1. The van der Waals surface area contributed by atoms with E-state index in [0.717, 1.165) is 184 Å². The van der Waals surface area contributed by atoms with Gasteiger partial charge in [0.25, 0.3) is 0 Å². The number of ether oxygens (including phenoxy) is 3. The zero-order chi connectivity index (χ0) is 98.4. The summed E-state index contributed by atoms with van der Waals surface area (Å²) in [5.41, 5.74) is 2.93. The molecule has 2 fully saturated rings. The highest BCUT2D eigenvalue weighted by Crippen LogP contribution is 2.41. The number of alkyl halides is 8. The van der Waals surface area contributed by atoms with Gasteiger partial charge >= 0.3 is 47.6 Å². The molecule has 139 heavy (non-hydrogen) atoms. The summed E-state index contributed by atoms with van der Waals surface area (Å²) >= 11 is 0. The van der Waals surface area contributed by atoms with Gasteiger partial charge in [-0.1, -0.05) is 322 Å². The van der Waals surface area contributed by atoms with Gasteiger partial charge in [-0.2, -0.15) is 35.1 Å². The minimum absolute atomic E-state index is 0. The number of unbranched alkanes of at least 4 members (excludes halogenated alkanes) is 24. The Kier molecular flexibility index (Phi) is 73.1. The highest BCUT2D eigenvalue weighted by Gasteiger charge is 2.45. The Bertz CT molecular complexity index is 3810. The summed E-state index contributed by atoms with van der Waals surface area (Å²) in [6, 6.07) is 28.8. The lowest BCUT2D eigenvalue weighted by Gasteiger charge is -2.22. The third-order valence-corrected chi connectivity index (χ3v) is 26.5. The molecular formula is C114H178F8O17. The molecule has 0 heterocycles. The summed E-state index contributed by atoms with van der Waals surface area (Å²) in [6.07, 6.45) is 36.4. The van der Waals surface area contributed by atoms with Crippen LogP contribution in [-0.4, -0.2) is 110 Å². The molecule has 4 aliphatic rings. The Labute approximate surface area is 829 Å². The van der Waals surface area contributed by atoms with Crippen LogP contribution in [0, 0.1) is 47.3 Å². The molecule has 4 aliphatic carbocycles. The van der Waals surface area contributed by atoms with Crippen LogP contribution in [0.3, 0.4) is 0 Å². The monoisotopic (exact) mass is 1970 g/mol. The van der Waals surface area contributed by atoms with Gasteiger partial charge in [0.05, 0.1) is 6.10 Å². The van der Waals surface area contributed by atoms with Crippen molar-refractivity contribution < 1.29 is 117 Å². The first-order valence-electron chi connectivity index (χ1n) is 50.8. The highest BCUT2D eigenvalue weighted by molar-refractivity contribution is 5.95. The quantitative estimate of drug-likeness (QED) is 0.0230. The number of carbonyl (C=O) groups is 12. The van der Waals surface area contributed by atoms with Crippen molar-refractivity contribution in [1.82, 2.24) is 0 Å². The van der Waals surface area contributed by atoms with Crippen molar-refractivity contribution in [1.29, 1.82) is 0 Å². The summed E-state index contributed by atoms with van der Waals surface area (Å²) < 4.78 is 127. The number of hydrogen-bond acceptors (Lipinski definition) is 16. The van der Waals surface area contributed by atoms with Gasteiger partial charge in [0.2, 0.25) is 23.1 Å². The van der Waals surface area contributed by atoms with E-state index in [1.165, 1.54) is 0 Å². The number of hydrogen-bond donors (Lipinski definition) is 2. The highest BCUT2D eigenvalue weighted by atomic mass is 19.3. The van der Waals surface area contributed by atoms with E-state index < -0.39 is 71.2 Å². The number of benzene rings is 3. The average Bonchev–Trinajstić information content (AvgIpc) is 1.69. The smallest absolute Gasteiger partial charge is 0.306 e. The van der Waals surface area contributed by atoms with E-state index >= 15 is 0 Å². The Morgan fingerprint density at radius 2 is 0.597 bits per heavy atom. The molecule has 0 aliphatic heterocycles. The summed E-state index contributed by atoms with van der Waals surface area (Å²) in [5.74, 6) is -19.5. The van der Waals surface area contributed by atoms with Crippen molar-refractivity contribution in [3.05, 3.63) is 132 Å². The van der Waals surface area contributed by atoms with Crippen LogP contribution in [0.2, 0.25) is 0 Å². The zero-order valence-electron chi connectivity index (χ0n) is 80.7. The molecule has 0 saturated heterocycles. The molecule has 3 aromatic carbocycles. The second kappa shape index (κ2) is 76.5. The second-order valence-electron chi connectivity index (χ2n) is 37.5. The lowest BCUT2D eigenvalue weighted by atomic mass is 9.85. The van der Waals surface area contributed by atoms with E-state index in [4.69, 9.17) is 19.3 Å². The number of halogens is 8. The van der Waals surface area contributed by atoms with Gasteiger partial charge in [-0.3, -0.25) is 57.5 Å². The molecule has 2 N–H and O–H groups in total. The molecule has 0 unspecified atom stereocenters. The fourth-order valence-electron chi connectivity index (χ4n) is 18.1. The third-order valence-electron chi connectivity index (χ3n) is 26.5. The summed E-state index contributed by atoms with van der Waals surface area (Å²) in [5, 5.41) is 18.9. The number of allylic oxidation sites excluding steroid dienone is 4. The zero-order valence-corrected chi connectivity index (χ0v) is 80.7. The van der Waals surface area contributed by atoms with Gasteiger partial charge in [0.15, 0.2) is 11.6 Å². The lowest BCUT2D eigenvalue weighted by Crippen LogP contribution is -2.30. The number of carbonyl (C=O) groups excluding carboxylic acids is 11. The number of carboxylic acids is 1. The maximum atomic E-state index is 14.0. The predicted octanol–water partition coefficient (Wildman–Crippen LogP) is 30.5. The number of aliphatic carboxylic acids is 1. The van der Waals surface area contributed by atoms with Crippen molar-refractivity contribution in [3.8, 4) is 0 Å². The second-order valence-corrected chi connectivity index (χ2v) is 37.5. The number of ketones is 8. The number of esters is 3. The Hall–Kier alpha value is -8.22. The van der Waals surface area contributed by atoms with Crippen LogP contribution in [-0.2, 0) is 91.6 Å². The Morgan fingerprint density at radius 3 is 0.906 bits per heavy atom. The fraction of sp³-hybridized carbons (Fsp3) is 0.702. The minimum Gasteiger partial charge on any atom is -0.481 e. The number of carboxylic acid groups (broad SMARTS) is 1. The molecule has 0 spiro atoms. The fourth-order valence-corrected chi connectivity index (χ4v) is 18.1. The van der Waals surface area contributed by atoms with E-state index in [-0.39, 0.29) is 184 Å². The molecule has 25 heteroatoms. The van der Waals surface area contributed by atoms with E-state index in [1.54, 1.807) is 31.2 Å². The lowest BCUT2D eigenvalue weighted by molar-refractivity contribution is -0.146. The summed E-state index contributed by atoms with van der Waals surface area (Å²) in [6.45, 7) is 8.19. The van der Waals surface area contributed by atoms with Crippen LogP contribution in [0.4, 0.5) is 35.1 Å². The molecule has 9 atom stereocenters.